The standard InChI is InChI=1S/C24H24N4OS/c1-24(2,3)18-13-11-17(12-14-18)22-26-23(28-27-22)30-15-21(29)25-20-10-6-8-16-7-4-5-9-19(16)20/h4-14H,15H2,1-3H3,(H,25,29)(H,26,27,28). The van der Waals surface area contributed by atoms with Crippen molar-refractivity contribution in [2.45, 2.75) is 31.3 Å². The van der Waals surface area contributed by atoms with Gasteiger partial charge in [0, 0.05) is 16.6 Å². The largest absolute Gasteiger partial charge is 0.325 e. The first kappa shape index (κ1) is 20.2. The molecule has 152 valence electrons. The Labute approximate surface area is 180 Å². The van der Waals surface area contributed by atoms with E-state index in [0.717, 1.165) is 22.0 Å². The van der Waals surface area contributed by atoms with E-state index in [9.17, 15) is 4.79 Å². The maximum absolute atomic E-state index is 12.4. The van der Waals surface area contributed by atoms with Crippen molar-refractivity contribution in [3.05, 3.63) is 72.3 Å². The molecule has 0 saturated carbocycles. The number of carbonyl (C=O) groups excluding carboxylic acids is 1. The van der Waals surface area contributed by atoms with Crippen LogP contribution in [-0.4, -0.2) is 26.8 Å². The zero-order valence-electron chi connectivity index (χ0n) is 17.3. The van der Waals surface area contributed by atoms with Crippen molar-refractivity contribution < 1.29 is 4.79 Å². The lowest BCUT2D eigenvalue weighted by atomic mass is 9.87. The third kappa shape index (κ3) is 4.54. The molecule has 1 amide bonds. The predicted molar refractivity (Wildman–Crippen MR) is 124 cm³/mol. The Bertz CT molecular complexity index is 1170. The summed E-state index contributed by atoms with van der Waals surface area (Å²) in [6.07, 6.45) is 0. The zero-order chi connectivity index (χ0) is 21.1. The van der Waals surface area contributed by atoms with Gasteiger partial charge in [0.25, 0.3) is 0 Å². The molecule has 3 aromatic carbocycles. The second-order valence-corrected chi connectivity index (χ2v) is 9.10. The molecule has 0 bridgehead atoms. The summed E-state index contributed by atoms with van der Waals surface area (Å²) in [6.45, 7) is 6.57. The number of nitrogens with zero attached hydrogens (tertiary/aromatic N) is 2. The minimum Gasteiger partial charge on any atom is -0.325 e. The van der Waals surface area contributed by atoms with Crippen molar-refractivity contribution in [1.82, 2.24) is 15.2 Å². The number of hydrogen-bond acceptors (Lipinski definition) is 4. The van der Waals surface area contributed by atoms with Crippen molar-refractivity contribution in [2.24, 2.45) is 0 Å². The van der Waals surface area contributed by atoms with Gasteiger partial charge in [-0.25, -0.2) is 4.98 Å². The molecule has 30 heavy (non-hydrogen) atoms. The number of nitrogens with one attached hydrogen (secondary N) is 2. The fraction of sp³-hybridized carbons (Fsp3) is 0.208. The number of hydrogen-bond donors (Lipinski definition) is 2. The summed E-state index contributed by atoms with van der Waals surface area (Å²) in [7, 11) is 0. The number of benzene rings is 3. The average Bonchev–Trinajstić information content (AvgIpc) is 3.21. The number of fused-ring (bicyclic) bond motifs is 1. The summed E-state index contributed by atoms with van der Waals surface area (Å²) in [5.41, 5.74) is 3.17. The lowest BCUT2D eigenvalue weighted by molar-refractivity contribution is -0.113. The Balaban J connectivity index is 1.39. The van der Waals surface area contributed by atoms with Gasteiger partial charge in [0.05, 0.1) is 5.75 Å². The van der Waals surface area contributed by atoms with Gasteiger partial charge in [0.2, 0.25) is 11.1 Å². The lowest BCUT2D eigenvalue weighted by Crippen LogP contribution is -2.14. The van der Waals surface area contributed by atoms with Crippen LogP contribution in [0.5, 0.6) is 0 Å². The van der Waals surface area contributed by atoms with Crippen LogP contribution in [0.1, 0.15) is 26.3 Å². The molecule has 6 heteroatoms. The molecule has 0 unspecified atom stereocenters. The molecule has 5 nitrogen and oxygen atoms in total. The number of amides is 1. The molecule has 0 aliphatic carbocycles. The van der Waals surface area contributed by atoms with Crippen molar-refractivity contribution >= 4 is 34.1 Å². The maximum Gasteiger partial charge on any atom is 0.234 e. The third-order valence-corrected chi connectivity index (χ3v) is 5.73. The van der Waals surface area contributed by atoms with E-state index < -0.39 is 0 Å². The molecule has 1 aromatic heterocycles. The summed E-state index contributed by atoms with van der Waals surface area (Å²) in [5.74, 6) is 0.855. The Hall–Kier alpha value is -3.12. The Kier molecular flexibility index (Phi) is 5.59. The first-order valence-electron chi connectivity index (χ1n) is 9.84. The second kappa shape index (κ2) is 8.32. The third-order valence-electron chi connectivity index (χ3n) is 4.89. The van der Waals surface area contributed by atoms with Crippen molar-refractivity contribution in [2.75, 3.05) is 11.1 Å². The highest BCUT2D eigenvalue weighted by molar-refractivity contribution is 7.99. The summed E-state index contributed by atoms with van der Waals surface area (Å²) in [6, 6.07) is 22.2. The van der Waals surface area contributed by atoms with Gasteiger partial charge < -0.3 is 5.32 Å². The first-order chi connectivity index (χ1) is 14.4. The SMILES string of the molecule is CC(C)(C)c1ccc(-c2nc(SCC(=O)Nc3cccc4ccccc34)n[nH]2)cc1. The van der Waals surface area contributed by atoms with Crippen molar-refractivity contribution in [1.29, 1.82) is 0 Å². The van der Waals surface area contributed by atoms with E-state index in [4.69, 9.17) is 0 Å². The van der Waals surface area contributed by atoms with Crippen LogP contribution in [-0.2, 0) is 10.2 Å². The van der Waals surface area contributed by atoms with Crippen LogP contribution in [0.15, 0.2) is 71.9 Å². The van der Waals surface area contributed by atoms with Crippen LogP contribution in [0.4, 0.5) is 5.69 Å². The van der Waals surface area contributed by atoms with Crippen molar-refractivity contribution in [3.8, 4) is 11.4 Å². The lowest BCUT2D eigenvalue weighted by Gasteiger charge is -2.18. The fourth-order valence-corrected chi connectivity index (χ4v) is 3.82. The van der Waals surface area contributed by atoms with Gasteiger partial charge >= 0.3 is 0 Å². The molecule has 0 spiro atoms. The minimum absolute atomic E-state index is 0.0859. The number of thioether (sulfide) groups is 1. The van der Waals surface area contributed by atoms with Gasteiger partial charge in [0.15, 0.2) is 5.82 Å². The molecular weight excluding hydrogens is 392 g/mol. The highest BCUT2D eigenvalue weighted by Crippen LogP contribution is 2.26. The van der Waals surface area contributed by atoms with Gasteiger partial charge in [-0.3, -0.25) is 9.89 Å². The Morgan fingerprint density at radius 2 is 1.73 bits per heavy atom. The molecule has 0 aliphatic heterocycles. The van der Waals surface area contributed by atoms with E-state index in [1.54, 1.807) is 0 Å². The molecule has 1 heterocycles. The van der Waals surface area contributed by atoms with E-state index in [1.165, 1.54) is 17.3 Å². The fourth-order valence-electron chi connectivity index (χ4n) is 3.22. The maximum atomic E-state index is 12.4. The number of rotatable bonds is 5. The van der Waals surface area contributed by atoms with Gasteiger partial charge in [-0.2, -0.15) is 0 Å². The monoisotopic (exact) mass is 416 g/mol. The number of aromatic nitrogens is 3. The number of anilines is 1. The summed E-state index contributed by atoms with van der Waals surface area (Å²) in [4.78, 5) is 17.0. The molecule has 4 aromatic rings. The molecule has 0 radical (unpaired) electrons. The van der Waals surface area contributed by atoms with Crippen LogP contribution < -0.4 is 5.32 Å². The quantitative estimate of drug-likeness (QED) is 0.412. The molecule has 2 N–H and O–H groups in total. The van der Waals surface area contributed by atoms with E-state index in [2.05, 4.69) is 53.4 Å². The highest BCUT2D eigenvalue weighted by atomic mass is 32.2. The highest BCUT2D eigenvalue weighted by Gasteiger charge is 2.14. The summed E-state index contributed by atoms with van der Waals surface area (Å²) >= 11 is 1.31. The predicted octanol–water partition coefficient (Wildman–Crippen LogP) is 5.65. The molecular formula is C24H24N4OS. The average molecular weight is 417 g/mol. The Morgan fingerprint density at radius 3 is 2.50 bits per heavy atom. The van der Waals surface area contributed by atoms with Gasteiger partial charge in [-0.15, -0.1) is 5.10 Å². The van der Waals surface area contributed by atoms with Crippen molar-refractivity contribution in [3.63, 3.8) is 0 Å². The van der Waals surface area contributed by atoms with Gasteiger partial charge in [0.1, 0.15) is 0 Å². The Morgan fingerprint density at radius 1 is 1.00 bits per heavy atom. The van der Waals surface area contributed by atoms with Crippen LogP contribution in [0.2, 0.25) is 0 Å². The zero-order valence-corrected chi connectivity index (χ0v) is 18.1. The van der Waals surface area contributed by atoms with Crippen LogP contribution in [0.25, 0.3) is 22.2 Å². The molecule has 0 aliphatic rings. The molecule has 0 saturated heterocycles. The molecule has 4 rings (SSSR count). The number of aromatic amines is 1. The van der Waals surface area contributed by atoms with Crippen LogP contribution >= 0.6 is 11.8 Å². The second-order valence-electron chi connectivity index (χ2n) is 8.16. The molecule has 0 fully saturated rings. The van der Waals surface area contributed by atoms with E-state index in [0.29, 0.717) is 11.0 Å². The summed E-state index contributed by atoms with van der Waals surface area (Å²) in [5, 5.41) is 12.9. The topological polar surface area (TPSA) is 70.7 Å². The van der Waals surface area contributed by atoms with E-state index >= 15 is 0 Å². The normalized spacial score (nSPS) is 11.6. The van der Waals surface area contributed by atoms with Crippen LogP contribution in [0, 0.1) is 0 Å². The van der Waals surface area contributed by atoms with E-state index in [1.807, 2.05) is 54.6 Å². The minimum atomic E-state index is -0.0859. The number of H-pyrrole nitrogens is 1. The summed E-state index contributed by atoms with van der Waals surface area (Å²) < 4.78 is 0. The van der Waals surface area contributed by atoms with Gasteiger partial charge in [-0.1, -0.05) is 93.2 Å². The smallest absolute Gasteiger partial charge is 0.234 e. The first-order valence-corrected chi connectivity index (χ1v) is 10.8. The van der Waals surface area contributed by atoms with Gasteiger partial charge in [-0.05, 0) is 22.4 Å². The van der Waals surface area contributed by atoms with Crippen LogP contribution in [0.3, 0.4) is 0 Å². The molecule has 0 atom stereocenters. The van der Waals surface area contributed by atoms with E-state index in [-0.39, 0.29) is 17.1 Å². The number of carbonyl (C=O) groups is 1.